The molecule has 2 aromatic carbocycles. The van der Waals surface area contributed by atoms with Crippen LogP contribution in [0.4, 0.5) is 0 Å². The van der Waals surface area contributed by atoms with Gasteiger partial charge in [-0.25, -0.2) is 0 Å². The maximum Gasteiger partial charge on any atom is 0.255 e. The highest BCUT2D eigenvalue weighted by atomic mass is 16.5. The summed E-state index contributed by atoms with van der Waals surface area (Å²) in [6.45, 7) is 2.47. The molecule has 3 rings (SSSR count). The third kappa shape index (κ3) is 2.98. The molecule has 0 saturated heterocycles. The lowest BCUT2D eigenvalue weighted by Gasteiger charge is -2.26. The van der Waals surface area contributed by atoms with Crippen LogP contribution < -0.4 is 10.1 Å². The van der Waals surface area contributed by atoms with Crippen LogP contribution in [0.3, 0.4) is 0 Å². The van der Waals surface area contributed by atoms with E-state index in [2.05, 4.69) is 23.5 Å². The van der Waals surface area contributed by atoms with Crippen molar-refractivity contribution in [3.05, 3.63) is 65.2 Å². The van der Waals surface area contributed by atoms with Gasteiger partial charge in [-0.15, -0.1) is 0 Å². The Hall–Kier alpha value is -2.29. The third-order valence-corrected chi connectivity index (χ3v) is 4.11. The van der Waals surface area contributed by atoms with Crippen molar-refractivity contribution in [3.8, 4) is 5.75 Å². The molecule has 114 valence electrons. The monoisotopic (exact) mass is 295 g/mol. The molecule has 1 atom stereocenters. The maximum atomic E-state index is 12.6. The van der Waals surface area contributed by atoms with Gasteiger partial charge in [0, 0.05) is 0 Å². The Balaban J connectivity index is 1.81. The minimum absolute atomic E-state index is 0.0641. The van der Waals surface area contributed by atoms with E-state index in [0.717, 1.165) is 19.3 Å². The fraction of sp³-hybridized carbons (Fsp3) is 0.316. The molecule has 22 heavy (non-hydrogen) atoms. The third-order valence-electron chi connectivity index (χ3n) is 4.11. The Morgan fingerprint density at radius 3 is 2.82 bits per heavy atom. The van der Waals surface area contributed by atoms with E-state index in [4.69, 9.17) is 4.74 Å². The van der Waals surface area contributed by atoms with Crippen LogP contribution in [0, 0.1) is 0 Å². The highest BCUT2D eigenvalue weighted by Crippen LogP contribution is 2.30. The summed E-state index contributed by atoms with van der Waals surface area (Å²) in [6.07, 6.45) is 3.19. The number of benzene rings is 2. The minimum Gasteiger partial charge on any atom is -0.493 e. The van der Waals surface area contributed by atoms with Crippen LogP contribution in [-0.4, -0.2) is 12.5 Å². The minimum atomic E-state index is -0.0641. The zero-order valence-corrected chi connectivity index (χ0v) is 12.8. The smallest absolute Gasteiger partial charge is 0.255 e. The standard InChI is InChI=1S/C19H21NO2/c1-2-22-18-13-6-5-11-16(18)19(21)20-17-12-7-9-14-8-3-4-10-15(14)17/h3-6,8,10-11,13,17H,2,7,9,12H2,1H3,(H,20,21)/t17-/m1/s1. The number of fused-ring (bicyclic) bond motifs is 1. The van der Waals surface area contributed by atoms with E-state index in [-0.39, 0.29) is 11.9 Å². The molecule has 0 spiro atoms. The van der Waals surface area contributed by atoms with E-state index in [1.807, 2.05) is 37.3 Å². The Labute approximate surface area is 131 Å². The number of para-hydroxylation sites is 1. The van der Waals surface area contributed by atoms with Crippen LogP contribution in [0.5, 0.6) is 5.75 Å². The molecule has 3 nitrogen and oxygen atoms in total. The molecule has 0 saturated carbocycles. The molecule has 1 N–H and O–H groups in total. The Kier molecular flexibility index (Phi) is 4.42. The van der Waals surface area contributed by atoms with Crippen LogP contribution in [-0.2, 0) is 6.42 Å². The maximum absolute atomic E-state index is 12.6. The molecule has 1 aliphatic rings. The second kappa shape index (κ2) is 6.65. The predicted molar refractivity (Wildman–Crippen MR) is 87.2 cm³/mol. The van der Waals surface area contributed by atoms with Gasteiger partial charge in [-0.05, 0) is 49.4 Å². The molecular formula is C19H21NO2. The van der Waals surface area contributed by atoms with Gasteiger partial charge < -0.3 is 10.1 Å². The van der Waals surface area contributed by atoms with E-state index in [9.17, 15) is 4.79 Å². The fourth-order valence-corrected chi connectivity index (χ4v) is 3.08. The molecule has 0 radical (unpaired) electrons. The number of hydrogen-bond acceptors (Lipinski definition) is 2. The lowest BCUT2D eigenvalue weighted by Crippen LogP contribution is -2.31. The largest absolute Gasteiger partial charge is 0.493 e. The van der Waals surface area contributed by atoms with Crippen molar-refractivity contribution in [2.75, 3.05) is 6.61 Å². The predicted octanol–water partition coefficient (Wildman–Crippen LogP) is 3.89. The number of carbonyl (C=O) groups excluding carboxylic acids is 1. The number of ether oxygens (including phenoxy) is 1. The number of carbonyl (C=O) groups is 1. The van der Waals surface area contributed by atoms with E-state index in [0.29, 0.717) is 17.9 Å². The molecule has 0 aromatic heterocycles. The Morgan fingerprint density at radius 2 is 1.95 bits per heavy atom. The normalized spacial score (nSPS) is 16.7. The summed E-state index contributed by atoms with van der Waals surface area (Å²) in [5.74, 6) is 0.581. The first-order valence-corrected chi connectivity index (χ1v) is 7.90. The Bertz CT molecular complexity index is 666. The summed E-state index contributed by atoms with van der Waals surface area (Å²) in [6, 6.07) is 15.9. The van der Waals surface area contributed by atoms with Gasteiger partial charge in [-0.1, -0.05) is 36.4 Å². The molecule has 0 bridgehead atoms. The SMILES string of the molecule is CCOc1ccccc1C(=O)N[C@@H]1CCCc2ccccc21. The van der Waals surface area contributed by atoms with Crippen molar-refractivity contribution in [3.63, 3.8) is 0 Å². The van der Waals surface area contributed by atoms with E-state index in [1.165, 1.54) is 11.1 Å². The molecule has 1 amide bonds. The number of rotatable bonds is 4. The van der Waals surface area contributed by atoms with Crippen molar-refractivity contribution >= 4 is 5.91 Å². The van der Waals surface area contributed by atoms with Crippen LogP contribution in [0.1, 0.15) is 47.3 Å². The first-order chi connectivity index (χ1) is 10.8. The zero-order chi connectivity index (χ0) is 15.4. The molecule has 3 heteroatoms. The summed E-state index contributed by atoms with van der Waals surface area (Å²) in [5, 5.41) is 3.17. The second-order valence-corrected chi connectivity index (χ2v) is 5.55. The molecule has 0 fully saturated rings. The lowest BCUT2D eigenvalue weighted by atomic mass is 9.87. The molecule has 1 aliphatic carbocycles. The van der Waals surface area contributed by atoms with Crippen molar-refractivity contribution in [2.45, 2.75) is 32.2 Å². The van der Waals surface area contributed by atoms with Gasteiger partial charge >= 0.3 is 0 Å². The topological polar surface area (TPSA) is 38.3 Å². The van der Waals surface area contributed by atoms with Crippen LogP contribution in [0.2, 0.25) is 0 Å². The average molecular weight is 295 g/mol. The highest BCUT2D eigenvalue weighted by molar-refractivity contribution is 5.97. The summed E-state index contributed by atoms with van der Waals surface area (Å²) >= 11 is 0. The molecule has 0 unspecified atom stereocenters. The second-order valence-electron chi connectivity index (χ2n) is 5.55. The molecule has 0 aliphatic heterocycles. The van der Waals surface area contributed by atoms with Crippen molar-refractivity contribution in [1.82, 2.24) is 5.32 Å². The highest BCUT2D eigenvalue weighted by Gasteiger charge is 2.23. The summed E-state index contributed by atoms with van der Waals surface area (Å²) in [4.78, 5) is 12.6. The Morgan fingerprint density at radius 1 is 1.18 bits per heavy atom. The van der Waals surface area contributed by atoms with Gasteiger partial charge in [-0.3, -0.25) is 4.79 Å². The van der Waals surface area contributed by atoms with Gasteiger partial charge in [0.1, 0.15) is 5.75 Å². The number of hydrogen-bond donors (Lipinski definition) is 1. The van der Waals surface area contributed by atoms with Crippen LogP contribution in [0.25, 0.3) is 0 Å². The molecule has 2 aromatic rings. The molecule has 0 heterocycles. The van der Waals surface area contributed by atoms with E-state index >= 15 is 0 Å². The van der Waals surface area contributed by atoms with Gasteiger partial charge in [0.2, 0.25) is 0 Å². The van der Waals surface area contributed by atoms with Gasteiger partial charge in [0.05, 0.1) is 18.2 Å². The van der Waals surface area contributed by atoms with Crippen LogP contribution in [0.15, 0.2) is 48.5 Å². The average Bonchev–Trinajstić information content (AvgIpc) is 2.56. The summed E-state index contributed by atoms with van der Waals surface area (Å²) < 4.78 is 5.56. The van der Waals surface area contributed by atoms with Crippen molar-refractivity contribution in [1.29, 1.82) is 0 Å². The quantitative estimate of drug-likeness (QED) is 0.929. The van der Waals surface area contributed by atoms with Gasteiger partial charge in [-0.2, -0.15) is 0 Å². The van der Waals surface area contributed by atoms with Crippen molar-refractivity contribution in [2.24, 2.45) is 0 Å². The van der Waals surface area contributed by atoms with Gasteiger partial charge in [0.25, 0.3) is 5.91 Å². The first kappa shape index (κ1) is 14.6. The summed E-state index contributed by atoms with van der Waals surface area (Å²) in [7, 11) is 0. The number of amides is 1. The first-order valence-electron chi connectivity index (χ1n) is 7.90. The molecular weight excluding hydrogens is 274 g/mol. The van der Waals surface area contributed by atoms with E-state index in [1.54, 1.807) is 0 Å². The lowest BCUT2D eigenvalue weighted by molar-refractivity contribution is 0.0929. The van der Waals surface area contributed by atoms with Gasteiger partial charge in [0.15, 0.2) is 0 Å². The fourth-order valence-electron chi connectivity index (χ4n) is 3.08. The number of nitrogens with one attached hydrogen (secondary N) is 1. The van der Waals surface area contributed by atoms with Crippen LogP contribution >= 0.6 is 0 Å². The van der Waals surface area contributed by atoms with Crippen molar-refractivity contribution < 1.29 is 9.53 Å². The number of aryl methyl sites for hydroxylation is 1. The van der Waals surface area contributed by atoms with E-state index < -0.39 is 0 Å². The summed E-state index contributed by atoms with van der Waals surface area (Å²) in [5.41, 5.74) is 3.19. The zero-order valence-electron chi connectivity index (χ0n) is 12.8.